The summed E-state index contributed by atoms with van der Waals surface area (Å²) in [6, 6.07) is 2.09. The molecule has 0 aromatic carbocycles. The summed E-state index contributed by atoms with van der Waals surface area (Å²) in [7, 11) is 0. The van der Waals surface area contributed by atoms with Gasteiger partial charge in [0, 0.05) is 42.9 Å². The van der Waals surface area contributed by atoms with Gasteiger partial charge in [0.25, 0.3) is 0 Å². The molecule has 1 aliphatic carbocycles. The van der Waals surface area contributed by atoms with E-state index in [0.717, 1.165) is 60.4 Å². The van der Waals surface area contributed by atoms with Crippen molar-refractivity contribution in [2.24, 2.45) is 10.8 Å². The lowest BCUT2D eigenvalue weighted by Crippen LogP contribution is -2.49. The Balaban J connectivity index is 1.48. The molecule has 0 radical (unpaired) electrons. The molecular weight excluding hydrogens is 436 g/mol. The molecule has 2 aromatic rings. The van der Waals surface area contributed by atoms with Crippen LogP contribution >= 0.6 is 11.5 Å². The lowest BCUT2D eigenvalue weighted by molar-refractivity contribution is 0.0307. The second-order valence-corrected chi connectivity index (χ2v) is 9.99. The number of allylic oxidation sites excluding steroid dienone is 1. The van der Waals surface area contributed by atoms with Crippen LogP contribution in [-0.4, -0.2) is 55.4 Å². The molecule has 0 saturated heterocycles. The predicted molar refractivity (Wildman–Crippen MR) is 134 cm³/mol. The van der Waals surface area contributed by atoms with Crippen LogP contribution in [0, 0.1) is 0 Å². The first-order chi connectivity index (χ1) is 16.0. The molecule has 4 rings (SSSR count). The Morgan fingerprint density at radius 3 is 2.91 bits per heavy atom. The molecule has 0 bridgehead atoms. The second kappa shape index (κ2) is 10.2. The average molecular weight is 473 g/mol. The van der Waals surface area contributed by atoms with Crippen molar-refractivity contribution in [3.05, 3.63) is 35.2 Å². The van der Waals surface area contributed by atoms with Crippen molar-refractivity contribution in [1.29, 1.82) is 0 Å². The van der Waals surface area contributed by atoms with E-state index in [-0.39, 0.29) is 24.1 Å². The van der Waals surface area contributed by atoms with Crippen molar-refractivity contribution in [1.82, 2.24) is 24.3 Å². The summed E-state index contributed by atoms with van der Waals surface area (Å²) in [6.07, 6.45) is 10.2. The zero-order valence-electron chi connectivity index (χ0n) is 19.8. The van der Waals surface area contributed by atoms with Gasteiger partial charge in [-0.15, -0.1) is 0 Å². The van der Waals surface area contributed by atoms with Gasteiger partial charge >= 0.3 is 0 Å². The highest BCUT2D eigenvalue weighted by Gasteiger charge is 2.38. The summed E-state index contributed by atoms with van der Waals surface area (Å²) in [5.74, 6) is 1.06. The fraction of sp³-hybridized carbons (Fsp3) is 0.609. The number of hydrogen-bond acceptors (Lipinski definition) is 9. The molecule has 0 amide bonds. The molecule has 5 N–H and O–H groups in total. The number of hydrazone groups is 1. The Labute approximate surface area is 199 Å². The van der Waals surface area contributed by atoms with E-state index in [1.54, 1.807) is 0 Å². The number of likely N-dealkylation sites (N-methyl/N-ethyl adjacent to an activating group) is 1. The molecule has 1 fully saturated rings. The highest BCUT2D eigenvalue weighted by atomic mass is 32.1. The van der Waals surface area contributed by atoms with E-state index < -0.39 is 0 Å². The van der Waals surface area contributed by atoms with Crippen molar-refractivity contribution >= 4 is 28.9 Å². The van der Waals surface area contributed by atoms with E-state index in [1.807, 2.05) is 25.5 Å². The number of imidazole rings is 1. The van der Waals surface area contributed by atoms with Crippen LogP contribution in [0.15, 0.2) is 23.1 Å². The van der Waals surface area contributed by atoms with Crippen molar-refractivity contribution < 1.29 is 5.11 Å². The van der Waals surface area contributed by atoms with Crippen LogP contribution in [0.1, 0.15) is 75.6 Å². The second-order valence-electron chi connectivity index (χ2n) is 9.18. The first kappa shape index (κ1) is 23.7. The summed E-state index contributed by atoms with van der Waals surface area (Å²) in [6.45, 7) is 8.77. The molecule has 9 nitrogen and oxygen atoms in total. The first-order valence-corrected chi connectivity index (χ1v) is 12.6. The Morgan fingerprint density at radius 1 is 1.48 bits per heavy atom. The summed E-state index contributed by atoms with van der Waals surface area (Å²) in [4.78, 5) is 7.11. The minimum Gasteiger partial charge on any atom is -0.401 e. The average Bonchev–Trinajstić information content (AvgIpc) is 3.58. The molecule has 1 saturated carbocycles. The number of rotatable bonds is 10. The van der Waals surface area contributed by atoms with E-state index >= 15 is 0 Å². The Hall–Kier alpha value is -2.43. The van der Waals surface area contributed by atoms with Gasteiger partial charge in [-0.3, -0.25) is 4.90 Å². The van der Waals surface area contributed by atoms with Crippen molar-refractivity contribution in [3.63, 3.8) is 0 Å². The zero-order chi connectivity index (χ0) is 23.4. The zero-order valence-corrected chi connectivity index (χ0v) is 20.6. The Morgan fingerprint density at radius 2 is 2.27 bits per heavy atom. The topological polar surface area (TPSA) is 117 Å². The number of aromatic nitrogens is 3. The molecule has 10 heteroatoms. The summed E-state index contributed by atoms with van der Waals surface area (Å²) < 4.78 is 6.77. The number of aliphatic hydroxyl groups excluding tert-OH is 1. The normalized spacial score (nSPS) is 21.0. The maximum absolute atomic E-state index is 10.1. The van der Waals surface area contributed by atoms with Crippen LogP contribution in [0.25, 0.3) is 6.20 Å². The highest BCUT2D eigenvalue weighted by molar-refractivity contribution is 7.10. The van der Waals surface area contributed by atoms with Crippen LogP contribution in [0.3, 0.4) is 0 Å². The molecule has 33 heavy (non-hydrogen) atoms. The lowest BCUT2D eigenvalue weighted by Gasteiger charge is -2.39. The first-order valence-electron chi connectivity index (χ1n) is 11.8. The van der Waals surface area contributed by atoms with Gasteiger partial charge in [-0.2, -0.15) is 9.47 Å². The van der Waals surface area contributed by atoms with Gasteiger partial charge in [-0.05, 0) is 50.8 Å². The minimum absolute atomic E-state index is 0.0326. The smallest absolute Gasteiger partial charge is 0.135 e. The standard InChI is InChI=1S/C23H36N8OS/c1-4-30(23(15-32)7-5-6-8-23)14-19-9-21(33-29-19)28-17(3)22-25-12-20(18-10-26-27-11-18)31(22)13-16(2)24/h9-10,12-13,17-18,27-28,32H,4-8,11,14-15,24H2,1-3H3/b16-13-. The fourth-order valence-electron chi connectivity index (χ4n) is 5.01. The molecule has 3 heterocycles. The molecule has 2 unspecified atom stereocenters. The number of anilines is 1. The summed E-state index contributed by atoms with van der Waals surface area (Å²) in [5.41, 5.74) is 11.8. The predicted octanol–water partition coefficient (Wildman–Crippen LogP) is 3.09. The van der Waals surface area contributed by atoms with Gasteiger partial charge in [0.2, 0.25) is 0 Å². The SMILES string of the molecule is CCN(Cc1cc(NC(C)c2ncc(C3C=NNC3)n2/C=C(/C)N)sn1)C1(CO)CCCC1. The third kappa shape index (κ3) is 5.07. The maximum atomic E-state index is 10.1. The number of hydrogen-bond donors (Lipinski definition) is 4. The van der Waals surface area contributed by atoms with Crippen LogP contribution in [-0.2, 0) is 6.54 Å². The highest BCUT2D eigenvalue weighted by Crippen LogP contribution is 2.36. The minimum atomic E-state index is -0.0920. The summed E-state index contributed by atoms with van der Waals surface area (Å²) >= 11 is 1.47. The Bertz CT molecular complexity index is 987. The van der Waals surface area contributed by atoms with Gasteiger partial charge in [0.05, 0.1) is 30.0 Å². The number of nitrogens with zero attached hydrogens (tertiary/aromatic N) is 5. The van der Waals surface area contributed by atoms with Gasteiger partial charge in [-0.25, -0.2) is 4.98 Å². The van der Waals surface area contributed by atoms with Gasteiger partial charge < -0.3 is 26.1 Å². The fourth-order valence-corrected chi connectivity index (χ4v) is 5.75. The van der Waals surface area contributed by atoms with Crippen LogP contribution in [0.5, 0.6) is 0 Å². The van der Waals surface area contributed by atoms with E-state index in [4.69, 9.17) is 15.1 Å². The van der Waals surface area contributed by atoms with Gasteiger partial charge in [0.1, 0.15) is 10.8 Å². The largest absolute Gasteiger partial charge is 0.401 e. The van der Waals surface area contributed by atoms with Crippen LogP contribution < -0.4 is 16.5 Å². The van der Waals surface area contributed by atoms with E-state index in [9.17, 15) is 5.11 Å². The lowest BCUT2D eigenvalue weighted by atomic mass is 9.96. The summed E-state index contributed by atoms with van der Waals surface area (Å²) in [5, 5.41) is 18.8. The van der Waals surface area contributed by atoms with Crippen molar-refractivity contribution in [2.45, 2.75) is 70.5 Å². The van der Waals surface area contributed by atoms with Crippen LogP contribution in [0.2, 0.25) is 0 Å². The van der Waals surface area contributed by atoms with E-state index in [1.165, 1.54) is 24.4 Å². The number of aliphatic hydroxyl groups is 1. The molecule has 180 valence electrons. The maximum Gasteiger partial charge on any atom is 0.135 e. The number of nitrogens with one attached hydrogen (secondary N) is 2. The molecule has 0 spiro atoms. The third-order valence-electron chi connectivity index (χ3n) is 6.76. The van der Waals surface area contributed by atoms with E-state index in [0.29, 0.717) is 0 Å². The Kier molecular flexibility index (Phi) is 7.35. The third-order valence-corrected chi connectivity index (χ3v) is 7.52. The molecular formula is C23H36N8OS. The molecule has 2 aromatic heterocycles. The monoisotopic (exact) mass is 472 g/mol. The molecule has 2 atom stereocenters. The van der Waals surface area contributed by atoms with Gasteiger partial charge in [0.15, 0.2) is 0 Å². The van der Waals surface area contributed by atoms with E-state index in [2.05, 4.69) is 45.2 Å². The van der Waals surface area contributed by atoms with Crippen molar-refractivity contribution in [2.75, 3.05) is 25.0 Å². The molecule has 2 aliphatic rings. The number of nitrogens with two attached hydrogens (primary N) is 1. The van der Waals surface area contributed by atoms with Crippen molar-refractivity contribution in [3.8, 4) is 0 Å². The molecule has 1 aliphatic heterocycles. The van der Waals surface area contributed by atoms with Crippen LogP contribution in [0.4, 0.5) is 5.00 Å². The quantitative estimate of drug-likeness (QED) is 0.420. The van der Waals surface area contributed by atoms with Gasteiger partial charge in [-0.1, -0.05) is 19.8 Å².